The Morgan fingerprint density at radius 1 is 1.04 bits per heavy atom. The van der Waals surface area contributed by atoms with Crippen LogP contribution in [0.5, 0.6) is 0 Å². The van der Waals surface area contributed by atoms with Gasteiger partial charge in [0.05, 0.1) is 5.41 Å². The minimum Gasteiger partial charge on any atom is -0.481 e. The van der Waals surface area contributed by atoms with Crippen LogP contribution in [0, 0.1) is 33.5 Å². The van der Waals surface area contributed by atoms with Crippen molar-refractivity contribution in [3.63, 3.8) is 0 Å². The summed E-state index contributed by atoms with van der Waals surface area (Å²) in [6.45, 7) is 6.54. The van der Waals surface area contributed by atoms with Gasteiger partial charge in [-0.1, -0.05) is 20.3 Å². The molecule has 0 aromatic carbocycles. The predicted molar refractivity (Wildman–Crippen MR) is 87.9 cm³/mol. The van der Waals surface area contributed by atoms with Crippen LogP contribution in [0.4, 0.5) is 0 Å². The molecule has 4 fully saturated rings. The van der Waals surface area contributed by atoms with Crippen LogP contribution in [0.3, 0.4) is 0 Å². The van der Waals surface area contributed by atoms with Gasteiger partial charge in [0.25, 0.3) is 0 Å². The van der Waals surface area contributed by atoms with Crippen LogP contribution in [-0.2, 0) is 9.59 Å². The molecule has 4 rings (SSSR count). The Labute approximate surface area is 139 Å². The van der Waals surface area contributed by atoms with Crippen LogP contribution in [0.1, 0.15) is 78.6 Å². The smallest absolute Gasteiger partial charge is 0.309 e. The van der Waals surface area contributed by atoms with Gasteiger partial charge in [0.15, 0.2) is 0 Å². The van der Waals surface area contributed by atoms with Crippen LogP contribution in [0.2, 0.25) is 0 Å². The first-order chi connectivity index (χ1) is 10.7. The number of aliphatic carboxylic acids is 1. The van der Waals surface area contributed by atoms with Gasteiger partial charge in [-0.3, -0.25) is 9.59 Å². The highest BCUT2D eigenvalue weighted by Crippen LogP contribution is 2.72. The van der Waals surface area contributed by atoms with Crippen LogP contribution in [-0.4, -0.2) is 16.9 Å². The van der Waals surface area contributed by atoms with Gasteiger partial charge in [-0.2, -0.15) is 0 Å². The topological polar surface area (TPSA) is 54.4 Å². The van der Waals surface area contributed by atoms with E-state index in [0.717, 1.165) is 57.8 Å². The minimum absolute atomic E-state index is 0.0789. The van der Waals surface area contributed by atoms with Gasteiger partial charge in [0, 0.05) is 11.8 Å². The molecule has 1 spiro atoms. The maximum absolute atomic E-state index is 12.6. The second-order valence-corrected chi connectivity index (χ2v) is 9.96. The number of carbonyl (C=O) groups excluding carboxylic acids is 1. The Hall–Kier alpha value is -0.860. The second-order valence-electron chi connectivity index (χ2n) is 9.96. The highest BCUT2D eigenvalue weighted by atomic mass is 16.4. The number of hydrogen-bond acceptors (Lipinski definition) is 2. The number of carbonyl (C=O) groups is 2. The fourth-order valence-corrected chi connectivity index (χ4v) is 7.76. The Morgan fingerprint density at radius 2 is 1.74 bits per heavy atom. The van der Waals surface area contributed by atoms with E-state index in [1.165, 1.54) is 0 Å². The Balaban J connectivity index is 1.76. The number of ketones is 1. The zero-order valence-electron chi connectivity index (χ0n) is 14.8. The largest absolute Gasteiger partial charge is 0.481 e. The molecule has 0 heterocycles. The van der Waals surface area contributed by atoms with E-state index in [4.69, 9.17) is 0 Å². The summed E-state index contributed by atoms with van der Waals surface area (Å²) in [5.74, 6) is 0.704. The fraction of sp³-hybridized carbons (Fsp3) is 0.900. The van der Waals surface area contributed by atoms with E-state index in [-0.39, 0.29) is 22.2 Å². The standard InChI is InChI=1S/C20H30O3/c1-17-9-5-14-18(2)7-4-8-19(3,16(22)23)13(18)6-10-20(14,12-17)11-15(17)21/h13-14H,4-12H2,1-3H3,(H,22,23)/t13-,14+,17+,18-,19-,20+/m1/s1. The molecule has 4 aliphatic rings. The highest BCUT2D eigenvalue weighted by molar-refractivity contribution is 5.88. The molecule has 6 atom stereocenters. The molecule has 0 radical (unpaired) electrons. The van der Waals surface area contributed by atoms with Crippen molar-refractivity contribution >= 4 is 11.8 Å². The summed E-state index contributed by atoms with van der Waals surface area (Å²) in [6, 6.07) is 0. The lowest BCUT2D eigenvalue weighted by Gasteiger charge is -2.63. The van der Waals surface area contributed by atoms with E-state index in [2.05, 4.69) is 13.8 Å². The van der Waals surface area contributed by atoms with E-state index in [9.17, 15) is 14.7 Å². The van der Waals surface area contributed by atoms with Gasteiger partial charge in [-0.25, -0.2) is 0 Å². The molecule has 4 saturated carbocycles. The summed E-state index contributed by atoms with van der Waals surface area (Å²) >= 11 is 0. The van der Waals surface area contributed by atoms with E-state index in [1.54, 1.807) is 0 Å². The third-order valence-corrected chi connectivity index (χ3v) is 8.84. The molecule has 0 unspecified atom stereocenters. The number of hydrogen-bond donors (Lipinski definition) is 1. The summed E-state index contributed by atoms with van der Waals surface area (Å²) < 4.78 is 0. The van der Waals surface area contributed by atoms with Crippen LogP contribution >= 0.6 is 0 Å². The van der Waals surface area contributed by atoms with Crippen LogP contribution in [0.25, 0.3) is 0 Å². The van der Waals surface area contributed by atoms with Gasteiger partial charge in [-0.15, -0.1) is 0 Å². The second kappa shape index (κ2) is 4.40. The highest BCUT2D eigenvalue weighted by Gasteiger charge is 2.68. The molecule has 3 heteroatoms. The van der Waals surface area contributed by atoms with Gasteiger partial charge < -0.3 is 5.11 Å². The summed E-state index contributed by atoms with van der Waals surface area (Å²) in [5.41, 5.74) is -0.357. The molecule has 3 nitrogen and oxygen atoms in total. The van der Waals surface area contributed by atoms with E-state index >= 15 is 0 Å². The first-order valence-electron chi connectivity index (χ1n) is 9.43. The maximum Gasteiger partial charge on any atom is 0.309 e. The molecule has 128 valence electrons. The van der Waals surface area contributed by atoms with Crippen molar-refractivity contribution in [2.24, 2.45) is 33.5 Å². The maximum atomic E-state index is 12.6. The lowest BCUT2D eigenvalue weighted by atomic mass is 9.40. The van der Waals surface area contributed by atoms with Gasteiger partial charge in [-0.05, 0) is 74.5 Å². The van der Waals surface area contributed by atoms with Crippen molar-refractivity contribution in [1.82, 2.24) is 0 Å². The van der Waals surface area contributed by atoms with Gasteiger partial charge >= 0.3 is 5.97 Å². The fourth-order valence-electron chi connectivity index (χ4n) is 7.76. The zero-order chi connectivity index (χ0) is 16.7. The number of Topliss-reactive ketones (excluding diaryl/α,β-unsaturated/α-hetero) is 1. The predicted octanol–water partition coefficient (Wildman–Crippen LogP) is 4.44. The summed E-state index contributed by atoms with van der Waals surface area (Å²) in [7, 11) is 0. The van der Waals surface area contributed by atoms with E-state index < -0.39 is 11.4 Å². The quantitative estimate of drug-likeness (QED) is 0.777. The van der Waals surface area contributed by atoms with Crippen molar-refractivity contribution in [1.29, 1.82) is 0 Å². The van der Waals surface area contributed by atoms with Crippen molar-refractivity contribution < 1.29 is 14.7 Å². The lowest BCUT2D eigenvalue weighted by molar-refractivity contribution is -0.182. The first-order valence-corrected chi connectivity index (χ1v) is 9.43. The molecular weight excluding hydrogens is 288 g/mol. The van der Waals surface area contributed by atoms with Crippen molar-refractivity contribution in [3.05, 3.63) is 0 Å². The third kappa shape index (κ3) is 1.77. The molecule has 0 aromatic heterocycles. The van der Waals surface area contributed by atoms with Crippen LogP contribution in [0.15, 0.2) is 0 Å². The molecule has 4 aliphatic carbocycles. The number of carboxylic acids is 1. The molecule has 1 N–H and O–H groups in total. The molecular formula is C20H30O3. The van der Waals surface area contributed by atoms with Crippen LogP contribution < -0.4 is 0 Å². The van der Waals surface area contributed by atoms with Crippen molar-refractivity contribution in [3.8, 4) is 0 Å². The normalized spacial score (nSPS) is 55.2. The minimum atomic E-state index is -0.604. The molecule has 2 bridgehead atoms. The Morgan fingerprint density at radius 3 is 2.43 bits per heavy atom. The first kappa shape index (κ1) is 15.7. The van der Waals surface area contributed by atoms with Gasteiger partial charge in [0.1, 0.15) is 5.78 Å². The molecule has 0 amide bonds. The van der Waals surface area contributed by atoms with E-state index in [1.807, 2.05) is 6.92 Å². The average molecular weight is 318 g/mol. The molecule has 0 aromatic rings. The Bertz CT molecular complexity index is 583. The summed E-state index contributed by atoms with van der Waals surface area (Å²) in [5, 5.41) is 9.91. The lowest BCUT2D eigenvalue weighted by Crippen LogP contribution is -2.58. The molecule has 23 heavy (non-hydrogen) atoms. The average Bonchev–Trinajstić information content (AvgIpc) is 2.63. The summed E-state index contributed by atoms with van der Waals surface area (Å²) in [4.78, 5) is 24.7. The monoisotopic (exact) mass is 318 g/mol. The number of carboxylic acid groups (broad SMARTS) is 1. The van der Waals surface area contributed by atoms with E-state index in [0.29, 0.717) is 11.7 Å². The summed E-state index contributed by atoms with van der Waals surface area (Å²) in [6.07, 6.45) is 9.04. The molecule has 0 aliphatic heterocycles. The Kier molecular flexibility index (Phi) is 3.00. The van der Waals surface area contributed by atoms with Crippen molar-refractivity contribution in [2.45, 2.75) is 78.6 Å². The number of rotatable bonds is 1. The zero-order valence-corrected chi connectivity index (χ0v) is 14.8. The SMILES string of the molecule is C[C@@]12CC[C@@H]3[C@@](CC[C@@H]4[C@@]3(C)CCC[C@@]4(C)C(=O)O)(CC1=O)C2. The number of fused-ring (bicyclic) bond motifs is 3. The molecule has 0 saturated heterocycles. The van der Waals surface area contributed by atoms with Gasteiger partial charge in [0.2, 0.25) is 0 Å². The third-order valence-electron chi connectivity index (χ3n) is 8.84. The van der Waals surface area contributed by atoms with Crippen molar-refractivity contribution in [2.75, 3.05) is 0 Å².